The van der Waals surface area contributed by atoms with Crippen LogP contribution in [-0.4, -0.2) is 62.2 Å². The molecule has 172 valence electrons. The predicted molar refractivity (Wildman–Crippen MR) is 113 cm³/mol. The van der Waals surface area contributed by atoms with E-state index in [1.807, 2.05) is 4.57 Å². The molecule has 0 aliphatic rings. The van der Waals surface area contributed by atoms with Gasteiger partial charge in [0.25, 0.3) is 0 Å². The Balaban J connectivity index is 2.35. The molecule has 2 rings (SSSR count). The van der Waals surface area contributed by atoms with Gasteiger partial charge >= 0.3 is 18.0 Å². The number of hydrogen-bond donors (Lipinski definition) is 1. The van der Waals surface area contributed by atoms with Gasteiger partial charge < -0.3 is 33.6 Å². The van der Waals surface area contributed by atoms with Crippen LogP contribution in [0.2, 0.25) is 0 Å². The van der Waals surface area contributed by atoms with Crippen molar-refractivity contribution in [2.75, 3.05) is 35.0 Å². The van der Waals surface area contributed by atoms with Gasteiger partial charge in [0.15, 0.2) is 0 Å². The summed E-state index contributed by atoms with van der Waals surface area (Å²) in [4.78, 5) is 28.5. The van der Waals surface area contributed by atoms with Crippen molar-refractivity contribution in [3.8, 4) is 0 Å². The molecule has 0 radical (unpaired) electrons. The van der Waals surface area contributed by atoms with Crippen LogP contribution >= 0.6 is 0 Å². The lowest BCUT2D eigenvalue weighted by atomic mass is 10.2. The van der Waals surface area contributed by atoms with E-state index in [1.54, 1.807) is 39.0 Å². The van der Waals surface area contributed by atoms with Crippen LogP contribution in [0.4, 0.5) is 4.79 Å². The van der Waals surface area contributed by atoms with Crippen molar-refractivity contribution in [1.29, 1.82) is 0 Å². The number of benzene rings is 1. The highest BCUT2D eigenvalue weighted by atomic mass is 16.9. The van der Waals surface area contributed by atoms with Gasteiger partial charge in [-0.15, -0.1) is 0 Å². The van der Waals surface area contributed by atoms with Crippen LogP contribution in [0, 0.1) is 0 Å². The molecule has 0 saturated heterocycles. The van der Waals surface area contributed by atoms with E-state index in [0.717, 1.165) is 0 Å². The number of aromatic nitrogens is 2. The largest absolute Gasteiger partial charge is 0.465 e. The third kappa shape index (κ3) is 5.72. The second-order valence-corrected chi connectivity index (χ2v) is 7.73. The second-order valence-electron chi connectivity index (χ2n) is 7.73. The highest BCUT2D eigenvalue weighted by Crippen LogP contribution is 2.30. The molecule has 1 heterocycles. The fraction of sp³-hybridized carbons (Fsp3) is 0.571. The maximum atomic E-state index is 12.0. The van der Waals surface area contributed by atoms with Gasteiger partial charge in [-0.3, -0.25) is 0 Å². The first-order valence-corrected chi connectivity index (χ1v) is 9.82. The molecule has 0 fully saturated rings. The Morgan fingerprint density at radius 3 is 2.26 bits per heavy atom. The monoisotopic (exact) mass is 437 g/mol. The summed E-state index contributed by atoms with van der Waals surface area (Å²) in [7, 11) is 5.66. The molecule has 1 amide bonds. The van der Waals surface area contributed by atoms with Crippen molar-refractivity contribution in [3.05, 3.63) is 29.6 Å². The van der Waals surface area contributed by atoms with E-state index in [0.29, 0.717) is 41.9 Å². The molecule has 0 bridgehead atoms. The standard InChI is InChI=1S/C21H31N3O7/c1-20(2,3)31-19(26)22-11-8-12-24-16-13-14(17(25)27-4)9-10-15(16)23-18(24)21(28-5,29-6)30-7/h9-10,13H,8,11-12H2,1-7H3,(H,22,26). The highest BCUT2D eigenvalue weighted by Gasteiger charge is 2.38. The lowest BCUT2D eigenvalue weighted by Crippen LogP contribution is -2.37. The van der Waals surface area contributed by atoms with E-state index >= 15 is 0 Å². The van der Waals surface area contributed by atoms with Gasteiger partial charge in [0, 0.05) is 34.4 Å². The second kappa shape index (κ2) is 10.1. The highest BCUT2D eigenvalue weighted by molar-refractivity contribution is 5.93. The Labute approximate surface area is 181 Å². The molecule has 1 N–H and O–H groups in total. The summed E-state index contributed by atoms with van der Waals surface area (Å²) in [6.45, 7) is 6.20. The third-order valence-corrected chi connectivity index (χ3v) is 4.48. The fourth-order valence-corrected chi connectivity index (χ4v) is 3.09. The van der Waals surface area contributed by atoms with Crippen molar-refractivity contribution in [2.45, 2.75) is 45.3 Å². The molecule has 0 unspecified atom stereocenters. The summed E-state index contributed by atoms with van der Waals surface area (Å²) < 4.78 is 28.3. The van der Waals surface area contributed by atoms with E-state index in [2.05, 4.69) is 10.3 Å². The van der Waals surface area contributed by atoms with Crippen molar-refractivity contribution in [1.82, 2.24) is 14.9 Å². The quantitative estimate of drug-likeness (QED) is 0.362. The summed E-state index contributed by atoms with van der Waals surface area (Å²) >= 11 is 0. The third-order valence-electron chi connectivity index (χ3n) is 4.48. The van der Waals surface area contributed by atoms with Gasteiger partial charge in [-0.05, 0) is 45.4 Å². The smallest absolute Gasteiger partial charge is 0.407 e. The van der Waals surface area contributed by atoms with Gasteiger partial charge in [0.2, 0.25) is 5.82 Å². The van der Waals surface area contributed by atoms with Gasteiger partial charge in [-0.2, -0.15) is 0 Å². The molecular formula is C21H31N3O7. The molecule has 31 heavy (non-hydrogen) atoms. The lowest BCUT2D eigenvalue weighted by molar-refractivity contribution is -0.369. The Bertz CT molecular complexity index is 905. The number of carbonyl (C=O) groups is 2. The number of aryl methyl sites for hydroxylation is 1. The number of hydrogen-bond acceptors (Lipinski definition) is 8. The number of carbonyl (C=O) groups excluding carboxylic acids is 2. The van der Waals surface area contributed by atoms with Crippen molar-refractivity contribution in [2.24, 2.45) is 0 Å². The normalized spacial score (nSPS) is 12.1. The minimum absolute atomic E-state index is 0.366. The molecule has 10 heteroatoms. The number of imidazole rings is 1. The summed E-state index contributed by atoms with van der Waals surface area (Å²) in [5.41, 5.74) is 1.10. The topological polar surface area (TPSA) is 110 Å². The van der Waals surface area contributed by atoms with Crippen LogP contribution in [0.1, 0.15) is 43.4 Å². The van der Waals surface area contributed by atoms with Gasteiger partial charge in [0.05, 0.1) is 23.7 Å². The number of rotatable bonds is 9. The van der Waals surface area contributed by atoms with Crippen molar-refractivity contribution >= 4 is 23.1 Å². The zero-order chi connectivity index (χ0) is 23.2. The SMILES string of the molecule is COC(=O)c1ccc2nc(C(OC)(OC)OC)n(CCCNC(=O)OC(C)(C)C)c2c1. The summed E-state index contributed by atoms with van der Waals surface area (Å²) in [6, 6.07) is 5.03. The fourth-order valence-electron chi connectivity index (χ4n) is 3.09. The number of nitrogens with one attached hydrogen (secondary N) is 1. The molecule has 0 spiro atoms. The molecule has 10 nitrogen and oxygen atoms in total. The molecule has 0 atom stereocenters. The number of amides is 1. The van der Waals surface area contributed by atoms with E-state index < -0.39 is 23.6 Å². The molecule has 1 aromatic carbocycles. The van der Waals surface area contributed by atoms with Crippen molar-refractivity contribution < 1.29 is 33.3 Å². The average Bonchev–Trinajstić information content (AvgIpc) is 3.09. The Kier molecular flexibility index (Phi) is 7.99. The number of fused-ring (bicyclic) bond motifs is 1. The zero-order valence-electron chi connectivity index (χ0n) is 19.1. The van der Waals surface area contributed by atoms with E-state index in [1.165, 1.54) is 28.4 Å². The Morgan fingerprint density at radius 2 is 1.71 bits per heavy atom. The van der Waals surface area contributed by atoms with E-state index in [-0.39, 0.29) is 0 Å². The molecule has 2 aromatic rings. The predicted octanol–water partition coefficient (Wildman–Crippen LogP) is 2.79. The maximum Gasteiger partial charge on any atom is 0.407 e. The maximum absolute atomic E-state index is 12.0. The lowest BCUT2D eigenvalue weighted by Gasteiger charge is -2.28. The van der Waals surface area contributed by atoms with E-state index in [4.69, 9.17) is 23.7 Å². The van der Waals surface area contributed by atoms with Gasteiger partial charge in [-0.25, -0.2) is 14.6 Å². The van der Waals surface area contributed by atoms with Gasteiger partial charge in [0.1, 0.15) is 5.60 Å². The average molecular weight is 437 g/mol. The van der Waals surface area contributed by atoms with Gasteiger partial charge in [-0.1, -0.05) is 0 Å². The summed E-state index contributed by atoms with van der Waals surface area (Å²) in [5.74, 6) is -1.63. The molecular weight excluding hydrogens is 406 g/mol. The molecule has 0 aliphatic carbocycles. The Hall–Kier alpha value is -2.69. The number of alkyl carbamates (subject to hydrolysis) is 1. The summed E-state index contributed by atoms with van der Waals surface area (Å²) in [5, 5.41) is 2.73. The number of methoxy groups -OCH3 is 4. The number of ether oxygens (including phenoxy) is 5. The van der Waals surface area contributed by atoms with Crippen molar-refractivity contribution in [3.63, 3.8) is 0 Å². The minimum Gasteiger partial charge on any atom is -0.465 e. The van der Waals surface area contributed by atoms with Crippen LogP contribution in [-0.2, 0) is 36.2 Å². The van der Waals surface area contributed by atoms with Crippen LogP contribution < -0.4 is 5.32 Å². The molecule has 1 aromatic heterocycles. The number of esters is 1. The molecule has 0 saturated carbocycles. The van der Waals surface area contributed by atoms with Crippen LogP contribution in [0.25, 0.3) is 11.0 Å². The summed E-state index contributed by atoms with van der Waals surface area (Å²) in [6.07, 6.45) is 0.0594. The first kappa shape index (κ1) is 24.6. The van der Waals surface area contributed by atoms with Crippen LogP contribution in [0.15, 0.2) is 18.2 Å². The Morgan fingerprint density at radius 1 is 1.06 bits per heavy atom. The first-order valence-electron chi connectivity index (χ1n) is 9.82. The minimum atomic E-state index is -1.54. The van der Waals surface area contributed by atoms with Crippen LogP contribution in [0.5, 0.6) is 0 Å². The van der Waals surface area contributed by atoms with E-state index in [9.17, 15) is 9.59 Å². The molecule has 0 aliphatic heterocycles. The zero-order valence-corrected chi connectivity index (χ0v) is 19.1. The van der Waals surface area contributed by atoms with Crippen LogP contribution in [0.3, 0.4) is 0 Å². The first-order chi connectivity index (χ1) is 14.6. The number of nitrogens with zero attached hydrogens (tertiary/aromatic N) is 2.